The number of aromatic nitrogens is 1. The first-order chi connectivity index (χ1) is 8.68. The Hall–Kier alpha value is -1.75. The lowest BCUT2D eigenvalue weighted by molar-refractivity contribution is 0.101. The highest BCUT2D eigenvalue weighted by atomic mass is 32.2. The molecule has 0 atom stereocenters. The normalized spacial score (nSPS) is 10.3. The maximum Gasteiger partial charge on any atom is 0.178 e. The smallest absolute Gasteiger partial charge is 0.178 e. The molecule has 2 nitrogen and oxygen atoms in total. The Kier molecular flexibility index (Phi) is 4.04. The van der Waals surface area contributed by atoms with Gasteiger partial charge in [-0.1, -0.05) is 6.07 Å². The van der Waals surface area contributed by atoms with Crippen LogP contribution in [0, 0.1) is 11.6 Å². The summed E-state index contributed by atoms with van der Waals surface area (Å²) >= 11 is 1.22. The molecule has 0 aliphatic heterocycles. The van der Waals surface area contributed by atoms with Crippen LogP contribution >= 0.6 is 11.8 Å². The predicted molar refractivity (Wildman–Crippen MR) is 65.6 cm³/mol. The highest BCUT2D eigenvalue weighted by molar-refractivity contribution is 8.00. The first kappa shape index (κ1) is 12.7. The standard InChI is InChI=1S/C13H9F2NOS/c14-10-2-1-3-11(15)13(10)12(17)8-18-9-4-6-16-7-5-9/h1-7H,8H2. The summed E-state index contributed by atoms with van der Waals surface area (Å²) in [7, 11) is 0. The molecule has 0 aliphatic rings. The van der Waals surface area contributed by atoms with Crippen LogP contribution in [0.25, 0.3) is 0 Å². The van der Waals surface area contributed by atoms with Crippen molar-refractivity contribution >= 4 is 17.5 Å². The minimum Gasteiger partial charge on any atom is -0.293 e. The van der Waals surface area contributed by atoms with Crippen molar-refractivity contribution in [3.05, 3.63) is 59.9 Å². The van der Waals surface area contributed by atoms with Gasteiger partial charge in [-0.3, -0.25) is 9.78 Å². The number of benzene rings is 1. The van der Waals surface area contributed by atoms with Crippen LogP contribution in [0.15, 0.2) is 47.6 Å². The molecule has 0 saturated carbocycles. The third-order valence-corrected chi connectivity index (χ3v) is 3.27. The summed E-state index contributed by atoms with van der Waals surface area (Å²) in [5.74, 6) is -2.22. The van der Waals surface area contributed by atoms with Crippen LogP contribution in [0.1, 0.15) is 10.4 Å². The number of ketones is 1. The zero-order valence-electron chi connectivity index (χ0n) is 9.27. The average molecular weight is 265 g/mol. The zero-order valence-corrected chi connectivity index (χ0v) is 10.1. The van der Waals surface area contributed by atoms with Crippen LogP contribution < -0.4 is 0 Å². The van der Waals surface area contributed by atoms with Crippen LogP contribution in [0.4, 0.5) is 8.78 Å². The van der Waals surface area contributed by atoms with Gasteiger partial charge in [-0.05, 0) is 24.3 Å². The SMILES string of the molecule is O=C(CSc1ccncc1)c1c(F)cccc1F. The van der Waals surface area contributed by atoms with E-state index >= 15 is 0 Å². The van der Waals surface area contributed by atoms with Gasteiger partial charge in [0.2, 0.25) is 0 Å². The summed E-state index contributed by atoms with van der Waals surface area (Å²) in [5, 5.41) is 0. The summed E-state index contributed by atoms with van der Waals surface area (Å²) < 4.78 is 26.7. The first-order valence-corrected chi connectivity index (χ1v) is 6.17. The molecule has 1 aromatic carbocycles. The van der Waals surface area contributed by atoms with E-state index in [1.807, 2.05) is 0 Å². The Morgan fingerprint density at radius 2 is 1.72 bits per heavy atom. The summed E-state index contributed by atoms with van der Waals surface area (Å²) in [4.78, 5) is 16.4. The van der Waals surface area contributed by atoms with Crippen molar-refractivity contribution in [3.8, 4) is 0 Å². The second kappa shape index (κ2) is 5.73. The average Bonchev–Trinajstić information content (AvgIpc) is 2.37. The molecular weight excluding hydrogens is 256 g/mol. The molecule has 0 unspecified atom stereocenters. The third kappa shape index (κ3) is 2.92. The van der Waals surface area contributed by atoms with E-state index in [0.717, 1.165) is 17.0 Å². The molecule has 0 spiro atoms. The number of Topliss-reactive ketones (excluding diaryl/α,β-unsaturated/α-hetero) is 1. The second-order valence-corrected chi connectivity index (χ2v) is 4.54. The topological polar surface area (TPSA) is 30.0 Å². The monoisotopic (exact) mass is 265 g/mol. The summed E-state index contributed by atoms with van der Waals surface area (Å²) in [6.07, 6.45) is 3.19. The highest BCUT2D eigenvalue weighted by Crippen LogP contribution is 2.20. The largest absolute Gasteiger partial charge is 0.293 e. The molecule has 2 rings (SSSR count). The zero-order chi connectivity index (χ0) is 13.0. The van der Waals surface area contributed by atoms with Gasteiger partial charge in [-0.2, -0.15) is 0 Å². The quantitative estimate of drug-likeness (QED) is 0.627. The molecule has 1 aromatic heterocycles. The molecule has 0 aliphatic carbocycles. The van der Waals surface area contributed by atoms with Gasteiger partial charge in [0.25, 0.3) is 0 Å². The molecule has 92 valence electrons. The first-order valence-electron chi connectivity index (χ1n) is 5.18. The van der Waals surface area contributed by atoms with Crippen LogP contribution in [0.5, 0.6) is 0 Å². The van der Waals surface area contributed by atoms with Crippen molar-refractivity contribution in [2.75, 3.05) is 5.75 Å². The fraction of sp³-hybridized carbons (Fsp3) is 0.0769. The van der Waals surface area contributed by atoms with Gasteiger partial charge in [0, 0.05) is 17.3 Å². The van der Waals surface area contributed by atoms with Gasteiger partial charge < -0.3 is 0 Å². The van der Waals surface area contributed by atoms with E-state index < -0.39 is 23.0 Å². The van der Waals surface area contributed by atoms with Crippen LogP contribution in [-0.2, 0) is 0 Å². The number of hydrogen-bond acceptors (Lipinski definition) is 3. The van der Waals surface area contributed by atoms with Gasteiger partial charge in [0.05, 0.1) is 11.3 Å². The molecule has 0 saturated heterocycles. The van der Waals surface area contributed by atoms with Crippen molar-refractivity contribution in [2.24, 2.45) is 0 Å². The van der Waals surface area contributed by atoms with Crippen molar-refractivity contribution in [2.45, 2.75) is 4.90 Å². The molecule has 0 N–H and O–H groups in total. The maximum atomic E-state index is 13.3. The van der Waals surface area contributed by atoms with Crippen LogP contribution in [-0.4, -0.2) is 16.5 Å². The van der Waals surface area contributed by atoms with E-state index in [2.05, 4.69) is 4.98 Å². The predicted octanol–water partition coefficient (Wildman–Crippen LogP) is 3.33. The molecule has 1 heterocycles. The van der Waals surface area contributed by atoms with Crippen LogP contribution in [0.2, 0.25) is 0 Å². The minimum atomic E-state index is -0.824. The maximum absolute atomic E-state index is 13.3. The number of pyridine rings is 1. The number of hydrogen-bond donors (Lipinski definition) is 0. The molecule has 18 heavy (non-hydrogen) atoms. The van der Waals surface area contributed by atoms with E-state index in [1.54, 1.807) is 24.5 Å². The molecule has 0 bridgehead atoms. The fourth-order valence-electron chi connectivity index (χ4n) is 1.42. The Bertz CT molecular complexity index is 540. The lowest BCUT2D eigenvalue weighted by Crippen LogP contribution is -2.08. The molecule has 5 heteroatoms. The second-order valence-electron chi connectivity index (χ2n) is 3.49. The molecule has 0 fully saturated rings. The Morgan fingerprint density at radius 3 is 2.33 bits per heavy atom. The van der Waals surface area contributed by atoms with Crippen molar-refractivity contribution < 1.29 is 13.6 Å². The van der Waals surface area contributed by atoms with Gasteiger partial charge in [0.1, 0.15) is 11.6 Å². The number of carbonyl (C=O) groups is 1. The van der Waals surface area contributed by atoms with E-state index in [9.17, 15) is 13.6 Å². The van der Waals surface area contributed by atoms with Crippen LogP contribution in [0.3, 0.4) is 0 Å². The third-order valence-electron chi connectivity index (χ3n) is 2.26. The molecule has 0 radical (unpaired) electrons. The van der Waals surface area contributed by atoms with Gasteiger partial charge in [-0.15, -0.1) is 11.8 Å². The van der Waals surface area contributed by atoms with Gasteiger partial charge in [0.15, 0.2) is 5.78 Å². The number of rotatable bonds is 4. The lowest BCUT2D eigenvalue weighted by atomic mass is 10.1. The van der Waals surface area contributed by atoms with E-state index in [-0.39, 0.29) is 5.75 Å². The molecule has 2 aromatic rings. The van der Waals surface area contributed by atoms with E-state index in [1.165, 1.54) is 17.8 Å². The van der Waals surface area contributed by atoms with Crippen molar-refractivity contribution in [3.63, 3.8) is 0 Å². The number of carbonyl (C=O) groups excluding carboxylic acids is 1. The minimum absolute atomic E-state index is 0.0120. The lowest BCUT2D eigenvalue weighted by Gasteiger charge is -2.04. The Balaban J connectivity index is 2.09. The molecule has 0 amide bonds. The highest BCUT2D eigenvalue weighted by Gasteiger charge is 2.16. The van der Waals surface area contributed by atoms with E-state index in [4.69, 9.17) is 0 Å². The summed E-state index contributed by atoms with van der Waals surface area (Å²) in [5.41, 5.74) is -0.473. The van der Waals surface area contributed by atoms with E-state index in [0.29, 0.717) is 0 Å². The van der Waals surface area contributed by atoms with Gasteiger partial charge >= 0.3 is 0 Å². The summed E-state index contributed by atoms with van der Waals surface area (Å²) in [6, 6.07) is 6.85. The Morgan fingerprint density at radius 1 is 1.11 bits per heavy atom. The molecular formula is C13H9F2NOS. The van der Waals surface area contributed by atoms with Crippen molar-refractivity contribution in [1.82, 2.24) is 4.98 Å². The fourth-order valence-corrected chi connectivity index (χ4v) is 2.18. The summed E-state index contributed by atoms with van der Waals surface area (Å²) in [6.45, 7) is 0. The number of nitrogens with zero attached hydrogens (tertiary/aromatic N) is 1. The number of thioether (sulfide) groups is 1. The van der Waals surface area contributed by atoms with Crippen molar-refractivity contribution in [1.29, 1.82) is 0 Å². The van der Waals surface area contributed by atoms with Gasteiger partial charge in [-0.25, -0.2) is 8.78 Å². The number of halogens is 2. The Labute approximate surface area is 107 Å².